The average molecular weight is 367 g/mol. The fraction of sp³-hybridized carbons (Fsp3) is 0.400. The van der Waals surface area contributed by atoms with E-state index in [-0.39, 0.29) is 11.7 Å². The Labute approximate surface area is 159 Å². The first-order valence-corrected chi connectivity index (χ1v) is 9.21. The molecule has 1 fully saturated rings. The number of piperazine rings is 1. The van der Waals surface area contributed by atoms with Crippen LogP contribution in [0.4, 0.5) is 11.5 Å². The summed E-state index contributed by atoms with van der Waals surface area (Å²) in [6.07, 6.45) is 0. The summed E-state index contributed by atoms with van der Waals surface area (Å²) < 4.78 is 0. The molecule has 0 saturated carbocycles. The molecule has 0 unspecified atom stereocenters. The number of hydrogen-bond donors (Lipinski definition) is 1. The van der Waals surface area contributed by atoms with Gasteiger partial charge >= 0.3 is 0 Å². The number of amides is 1. The third-order valence-electron chi connectivity index (χ3n) is 4.73. The minimum absolute atomic E-state index is 0.0236. The molecular weight excluding hydrogens is 342 g/mol. The summed E-state index contributed by atoms with van der Waals surface area (Å²) in [5.41, 5.74) is 1.85. The molecule has 1 aromatic heterocycles. The van der Waals surface area contributed by atoms with Crippen LogP contribution < -0.4 is 5.32 Å². The number of aromatic nitrogens is 2. The van der Waals surface area contributed by atoms with Crippen molar-refractivity contribution in [2.45, 2.75) is 20.8 Å². The van der Waals surface area contributed by atoms with Gasteiger partial charge in [-0.05, 0) is 44.7 Å². The molecule has 0 radical (unpaired) electrons. The Morgan fingerprint density at radius 1 is 1.07 bits per heavy atom. The first kappa shape index (κ1) is 19.0. The maximum absolute atomic E-state index is 12.8. The highest BCUT2D eigenvalue weighted by Crippen LogP contribution is 2.18. The molecule has 1 aliphatic heterocycles. The summed E-state index contributed by atoms with van der Waals surface area (Å²) in [6, 6.07) is 8.84. The number of likely N-dealkylation sites (N-methyl/N-ethyl adjacent to an activating group) is 1. The van der Waals surface area contributed by atoms with Crippen molar-refractivity contribution in [1.29, 1.82) is 0 Å². The number of nitrogens with zero attached hydrogens (tertiary/aromatic N) is 4. The molecule has 142 valence electrons. The number of nitrogens with one attached hydrogen (secondary N) is 1. The summed E-state index contributed by atoms with van der Waals surface area (Å²) in [5.74, 6) is 1.06. The van der Waals surface area contributed by atoms with Gasteiger partial charge in [0.25, 0.3) is 5.91 Å². The van der Waals surface area contributed by atoms with Crippen LogP contribution in [-0.4, -0.2) is 64.2 Å². The van der Waals surface area contributed by atoms with Crippen LogP contribution >= 0.6 is 0 Å². The third-order valence-corrected chi connectivity index (χ3v) is 4.73. The second kappa shape index (κ2) is 8.26. The fourth-order valence-corrected chi connectivity index (χ4v) is 3.11. The normalized spacial score (nSPS) is 14.9. The topological polar surface area (TPSA) is 78.4 Å². The molecule has 7 nitrogen and oxygen atoms in total. The van der Waals surface area contributed by atoms with Gasteiger partial charge in [-0.2, -0.15) is 0 Å². The van der Waals surface area contributed by atoms with Crippen LogP contribution in [0.1, 0.15) is 40.5 Å². The largest absolute Gasteiger partial charge is 0.340 e. The zero-order valence-corrected chi connectivity index (χ0v) is 16.0. The Bertz CT molecular complexity index is 827. The van der Waals surface area contributed by atoms with Gasteiger partial charge in [-0.15, -0.1) is 0 Å². The van der Waals surface area contributed by atoms with Crippen molar-refractivity contribution in [1.82, 2.24) is 19.8 Å². The molecule has 0 atom stereocenters. The number of carbonyl (C=O) groups excluding carboxylic acids is 2. The zero-order valence-electron chi connectivity index (χ0n) is 16.0. The van der Waals surface area contributed by atoms with Crippen molar-refractivity contribution >= 4 is 23.2 Å². The van der Waals surface area contributed by atoms with Crippen molar-refractivity contribution in [2.75, 3.05) is 38.0 Å². The van der Waals surface area contributed by atoms with Gasteiger partial charge in [0, 0.05) is 43.5 Å². The zero-order chi connectivity index (χ0) is 19.4. The molecule has 1 aromatic carbocycles. The third kappa shape index (κ3) is 4.68. The van der Waals surface area contributed by atoms with E-state index in [1.807, 2.05) is 17.0 Å². The number of anilines is 2. The van der Waals surface area contributed by atoms with E-state index in [4.69, 9.17) is 0 Å². The highest BCUT2D eigenvalue weighted by atomic mass is 16.2. The number of carbonyl (C=O) groups is 2. The number of rotatable bonds is 5. The molecular formula is C20H25N5O2. The van der Waals surface area contributed by atoms with Crippen LogP contribution in [0.2, 0.25) is 0 Å². The lowest BCUT2D eigenvalue weighted by molar-refractivity contribution is 0.0637. The molecule has 1 N–H and O–H groups in total. The van der Waals surface area contributed by atoms with Crippen LogP contribution in [0.5, 0.6) is 0 Å². The van der Waals surface area contributed by atoms with Crippen molar-refractivity contribution in [3.63, 3.8) is 0 Å². The van der Waals surface area contributed by atoms with E-state index < -0.39 is 0 Å². The van der Waals surface area contributed by atoms with E-state index in [1.54, 1.807) is 25.1 Å². The van der Waals surface area contributed by atoms with E-state index in [0.29, 0.717) is 36.0 Å². The highest BCUT2D eigenvalue weighted by molar-refractivity contribution is 5.94. The number of Topliss-reactive ketones (excluding diaryl/α,β-unsaturated/α-hetero) is 1. The SMILES string of the molecule is CCN1CCN(C(=O)c2cc(Nc3ccc(C(C)=O)cc3)nc(C)n2)CC1. The Morgan fingerprint density at radius 2 is 1.74 bits per heavy atom. The minimum atomic E-state index is -0.0637. The first-order chi connectivity index (χ1) is 13.0. The Balaban J connectivity index is 1.74. The van der Waals surface area contributed by atoms with Gasteiger partial charge in [-0.3, -0.25) is 9.59 Å². The smallest absolute Gasteiger partial charge is 0.272 e. The summed E-state index contributed by atoms with van der Waals surface area (Å²) in [5, 5.41) is 3.18. The average Bonchev–Trinajstić information content (AvgIpc) is 2.67. The molecule has 7 heteroatoms. The van der Waals surface area contributed by atoms with Crippen LogP contribution in [0.25, 0.3) is 0 Å². The van der Waals surface area contributed by atoms with Crippen molar-refractivity contribution in [2.24, 2.45) is 0 Å². The van der Waals surface area contributed by atoms with Crippen molar-refractivity contribution in [3.05, 3.63) is 47.4 Å². The van der Waals surface area contributed by atoms with Crippen LogP contribution in [-0.2, 0) is 0 Å². The van der Waals surface area contributed by atoms with E-state index >= 15 is 0 Å². The summed E-state index contributed by atoms with van der Waals surface area (Å²) in [6.45, 7) is 9.65. The standard InChI is InChI=1S/C20H25N5O2/c1-4-24-9-11-25(12-10-24)20(27)18-13-19(22-15(3)21-18)23-17-7-5-16(6-8-17)14(2)26/h5-8,13H,4,9-12H2,1-3H3,(H,21,22,23). The second-order valence-electron chi connectivity index (χ2n) is 6.67. The molecule has 3 rings (SSSR count). The lowest BCUT2D eigenvalue weighted by Gasteiger charge is -2.33. The van der Waals surface area contributed by atoms with Crippen molar-refractivity contribution in [3.8, 4) is 0 Å². The lowest BCUT2D eigenvalue weighted by atomic mass is 10.1. The molecule has 27 heavy (non-hydrogen) atoms. The summed E-state index contributed by atoms with van der Waals surface area (Å²) >= 11 is 0. The van der Waals surface area contributed by atoms with Gasteiger partial charge in [-0.25, -0.2) is 9.97 Å². The van der Waals surface area contributed by atoms with Gasteiger partial charge in [0.2, 0.25) is 0 Å². The molecule has 0 bridgehead atoms. The quantitative estimate of drug-likeness (QED) is 0.818. The maximum Gasteiger partial charge on any atom is 0.272 e. The number of ketones is 1. The maximum atomic E-state index is 12.8. The highest BCUT2D eigenvalue weighted by Gasteiger charge is 2.23. The Morgan fingerprint density at radius 3 is 2.33 bits per heavy atom. The van der Waals surface area contributed by atoms with E-state index in [0.717, 1.165) is 25.3 Å². The van der Waals surface area contributed by atoms with Gasteiger partial charge in [0.05, 0.1) is 0 Å². The van der Waals surface area contributed by atoms with Gasteiger partial charge in [0.1, 0.15) is 17.3 Å². The van der Waals surface area contributed by atoms with E-state index in [9.17, 15) is 9.59 Å². The van der Waals surface area contributed by atoms with Gasteiger partial charge in [-0.1, -0.05) is 6.92 Å². The summed E-state index contributed by atoms with van der Waals surface area (Å²) in [7, 11) is 0. The first-order valence-electron chi connectivity index (χ1n) is 9.21. The summed E-state index contributed by atoms with van der Waals surface area (Å²) in [4.78, 5) is 37.1. The monoisotopic (exact) mass is 367 g/mol. The Hall–Kier alpha value is -2.80. The molecule has 1 saturated heterocycles. The molecule has 2 heterocycles. The van der Waals surface area contributed by atoms with Crippen LogP contribution in [0.15, 0.2) is 30.3 Å². The Kier molecular flexibility index (Phi) is 5.81. The fourth-order valence-electron chi connectivity index (χ4n) is 3.11. The van der Waals surface area contributed by atoms with Crippen molar-refractivity contribution < 1.29 is 9.59 Å². The predicted octanol–water partition coefficient (Wildman–Crippen LogP) is 2.51. The number of hydrogen-bond acceptors (Lipinski definition) is 6. The molecule has 1 amide bonds. The van der Waals surface area contributed by atoms with Gasteiger partial charge in [0.15, 0.2) is 5.78 Å². The minimum Gasteiger partial charge on any atom is -0.340 e. The number of benzene rings is 1. The van der Waals surface area contributed by atoms with Gasteiger partial charge < -0.3 is 15.1 Å². The van der Waals surface area contributed by atoms with Crippen LogP contribution in [0.3, 0.4) is 0 Å². The van der Waals surface area contributed by atoms with E-state index in [2.05, 4.69) is 27.1 Å². The lowest BCUT2D eigenvalue weighted by Crippen LogP contribution is -2.48. The molecule has 2 aromatic rings. The van der Waals surface area contributed by atoms with Crippen LogP contribution in [0, 0.1) is 6.92 Å². The predicted molar refractivity (Wildman–Crippen MR) is 105 cm³/mol. The molecule has 0 spiro atoms. The van der Waals surface area contributed by atoms with E-state index in [1.165, 1.54) is 6.92 Å². The second-order valence-corrected chi connectivity index (χ2v) is 6.67. The molecule has 1 aliphatic rings. The molecule has 0 aliphatic carbocycles. The number of aryl methyl sites for hydroxylation is 1.